The smallest absolute Gasteiger partial charge is 0.247 e. The fourth-order valence-electron chi connectivity index (χ4n) is 2.43. The van der Waals surface area contributed by atoms with E-state index in [0.29, 0.717) is 24.8 Å². The van der Waals surface area contributed by atoms with Gasteiger partial charge in [-0.3, -0.25) is 4.79 Å². The number of rotatable bonds is 7. The Morgan fingerprint density at radius 1 is 1.20 bits per heavy atom. The van der Waals surface area contributed by atoms with Crippen molar-refractivity contribution in [2.45, 2.75) is 13.0 Å². The van der Waals surface area contributed by atoms with Gasteiger partial charge >= 0.3 is 0 Å². The summed E-state index contributed by atoms with van der Waals surface area (Å²) in [6, 6.07) is 10.8. The SMILES string of the molecule is COCCOc1ccc(NC(=O)[C@@H](C)n2cnc3ccccc32)cn1. The molecule has 7 heteroatoms. The molecule has 0 fully saturated rings. The molecule has 0 bridgehead atoms. The summed E-state index contributed by atoms with van der Waals surface area (Å²) in [4.78, 5) is 21.0. The number of anilines is 1. The largest absolute Gasteiger partial charge is 0.475 e. The minimum absolute atomic E-state index is 0.141. The summed E-state index contributed by atoms with van der Waals surface area (Å²) >= 11 is 0. The zero-order valence-corrected chi connectivity index (χ0v) is 14.2. The maximum atomic E-state index is 12.5. The average molecular weight is 340 g/mol. The first-order valence-corrected chi connectivity index (χ1v) is 7.99. The molecule has 25 heavy (non-hydrogen) atoms. The van der Waals surface area contributed by atoms with Crippen molar-refractivity contribution in [1.82, 2.24) is 14.5 Å². The minimum Gasteiger partial charge on any atom is -0.475 e. The number of carbonyl (C=O) groups is 1. The lowest BCUT2D eigenvalue weighted by atomic mass is 10.2. The van der Waals surface area contributed by atoms with Gasteiger partial charge < -0.3 is 19.4 Å². The van der Waals surface area contributed by atoms with E-state index in [1.807, 2.05) is 35.8 Å². The molecule has 0 saturated carbocycles. The molecule has 2 heterocycles. The highest BCUT2D eigenvalue weighted by molar-refractivity contribution is 5.94. The van der Waals surface area contributed by atoms with E-state index in [1.54, 1.807) is 31.8 Å². The highest BCUT2D eigenvalue weighted by Gasteiger charge is 2.17. The molecule has 2 aromatic heterocycles. The molecule has 0 radical (unpaired) electrons. The summed E-state index contributed by atoms with van der Waals surface area (Å²) < 4.78 is 12.2. The van der Waals surface area contributed by atoms with Crippen molar-refractivity contribution in [1.29, 1.82) is 0 Å². The van der Waals surface area contributed by atoms with Crippen LogP contribution in [0.15, 0.2) is 48.9 Å². The summed E-state index contributed by atoms with van der Waals surface area (Å²) in [5.74, 6) is 0.349. The van der Waals surface area contributed by atoms with Crippen LogP contribution in [0.1, 0.15) is 13.0 Å². The first-order chi connectivity index (χ1) is 12.2. The Bertz CT molecular complexity index is 845. The summed E-state index contributed by atoms with van der Waals surface area (Å²) in [6.07, 6.45) is 3.25. The highest BCUT2D eigenvalue weighted by Crippen LogP contribution is 2.19. The fourth-order valence-corrected chi connectivity index (χ4v) is 2.43. The molecular formula is C18H20N4O3. The Morgan fingerprint density at radius 3 is 2.80 bits per heavy atom. The van der Waals surface area contributed by atoms with Crippen LogP contribution in [0.5, 0.6) is 5.88 Å². The number of amides is 1. The van der Waals surface area contributed by atoms with Gasteiger partial charge in [0.2, 0.25) is 11.8 Å². The summed E-state index contributed by atoms with van der Waals surface area (Å²) in [7, 11) is 1.61. The van der Waals surface area contributed by atoms with Crippen molar-refractivity contribution in [3.8, 4) is 5.88 Å². The molecule has 0 aliphatic rings. The Kier molecular flexibility index (Phi) is 5.25. The topological polar surface area (TPSA) is 78.3 Å². The van der Waals surface area contributed by atoms with E-state index in [4.69, 9.17) is 9.47 Å². The van der Waals surface area contributed by atoms with Gasteiger partial charge in [-0.2, -0.15) is 0 Å². The van der Waals surface area contributed by atoms with E-state index >= 15 is 0 Å². The van der Waals surface area contributed by atoms with Gasteiger partial charge in [0.25, 0.3) is 0 Å². The van der Waals surface area contributed by atoms with E-state index in [1.165, 1.54) is 0 Å². The molecule has 130 valence electrons. The maximum Gasteiger partial charge on any atom is 0.247 e. The van der Waals surface area contributed by atoms with Gasteiger partial charge in [0, 0.05) is 13.2 Å². The third-order valence-corrected chi connectivity index (χ3v) is 3.82. The van der Waals surface area contributed by atoms with Crippen molar-refractivity contribution >= 4 is 22.6 Å². The van der Waals surface area contributed by atoms with E-state index in [-0.39, 0.29) is 5.91 Å². The van der Waals surface area contributed by atoms with Gasteiger partial charge in [-0.15, -0.1) is 0 Å². The highest BCUT2D eigenvalue weighted by atomic mass is 16.5. The van der Waals surface area contributed by atoms with Crippen LogP contribution in [0.3, 0.4) is 0 Å². The van der Waals surface area contributed by atoms with Crippen molar-refractivity contribution in [2.75, 3.05) is 25.6 Å². The molecular weight excluding hydrogens is 320 g/mol. The summed E-state index contributed by atoms with van der Waals surface area (Å²) in [6.45, 7) is 2.76. The maximum absolute atomic E-state index is 12.5. The van der Waals surface area contributed by atoms with Gasteiger partial charge in [0.15, 0.2) is 0 Å². The van der Waals surface area contributed by atoms with Crippen LogP contribution in [0.4, 0.5) is 5.69 Å². The zero-order valence-electron chi connectivity index (χ0n) is 14.2. The van der Waals surface area contributed by atoms with Gasteiger partial charge in [-0.1, -0.05) is 12.1 Å². The van der Waals surface area contributed by atoms with Crippen LogP contribution >= 0.6 is 0 Å². The van der Waals surface area contributed by atoms with Crippen LogP contribution in [0, 0.1) is 0 Å². The van der Waals surface area contributed by atoms with Crippen LogP contribution in [-0.4, -0.2) is 40.8 Å². The number of hydrogen-bond donors (Lipinski definition) is 1. The second kappa shape index (κ2) is 7.76. The quantitative estimate of drug-likeness (QED) is 0.669. The van der Waals surface area contributed by atoms with E-state index in [2.05, 4.69) is 15.3 Å². The van der Waals surface area contributed by atoms with Gasteiger partial charge in [-0.25, -0.2) is 9.97 Å². The second-order valence-corrected chi connectivity index (χ2v) is 5.53. The number of para-hydroxylation sites is 2. The molecule has 0 aliphatic carbocycles. The number of ether oxygens (including phenoxy) is 2. The van der Waals surface area contributed by atoms with Gasteiger partial charge in [0.05, 0.1) is 35.9 Å². The molecule has 3 aromatic rings. The predicted molar refractivity (Wildman–Crippen MR) is 94.7 cm³/mol. The number of carbonyl (C=O) groups excluding carboxylic acids is 1. The lowest BCUT2D eigenvalue weighted by molar-refractivity contribution is -0.118. The van der Waals surface area contributed by atoms with Crippen LogP contribution < -0.4 is 10.1 Å². The van der Waals surface area contributed by atoms with Crippen LogP contribution in [-0.2, 0) is 9.53 Å². The van der Waals surface area contributed by atoms with Crippen molar-refractivity contribution in [3.63, 3.8) is 0 Å². The number of aromatic nitrogens is 3. The Morgan fingerprint density at radius 2 is 2.04 bits per heavy atom. The first-order valence-electron chi connectivity index (χ1n) is 7.99. The number of hydrogen-bond acceptors (Lipinski definition) is 5. The van der Waals surface area contributed by atoms with Gasteiger partial charge in [0.1, 0.15) is 12.6 Å². The van der Waals surface area contributed by atoms with E-state index < -0.39 is 6.04 Å². The Labute approximate surface area is 145 Å². The number of methoxy groups -OCH3 is 1. The molecule has 0 spiro atoms. The number of pyridine rings is 1. The summed E-state index contributed by atoms with van der Waals surface area (Å²) in [5, 5.41) is 2.86. The Balaban J connectivity index is 1.65. The first kappa shape index (κ1) is 16.9. The number of nitrogens with one attached hydrogen (secondary N) is 1. The molecule has 0 aliphatic heterocycles. The van der Waals surface area contributed by atoms with Crippen LogP contribution in [0.25, 0.3) is 11.0 Å². The standard InChI is InChI=1S/C18H20N4O3/c1-13(22-12-20-15-5-3-4-6-16(15)22)18(23)21-14-7-8-17(19-11-14)25-10-9-24-2/h3-8,11-13H,9-10H2,1-2H3,(H,21,23)/t13-/m1/s1. The molecule has 0 saturated heterocycles. The molecule has 0 unspecified atom stereocenters. The monoisotopic (exact) mass is 340 g/mol. The second-order valence-electron chi connectivity index (χ2n) is 5.53. The van der Waals surface area contributed by atoms with Crippen LogP contribution in [0.2, 0.25) is 0 Å². The summed E-state index contributed by atoms with van der Waals surface area (Å²) in [5.41, 5.74) is 2.40. The van der Waals surface area contributed by atoms with E-state index in [0.717, 1.165) is 11.0 Å². The average Bonchev–Trinajstić information content (AvgIpc) is 3.07. The molecule has 1 atom stereocenters. The lowest BCUT2D eigenvalue weighted by Gasteiger charge is -2.14. The zero-order chi connectivity index (χ0) is 17.6. The number of fused-ring (bicyclic) bond motifs is 1. The van der Waals surface area contributed by atoms with Crippen molar-refractivity contribution in [2.24, 2.45) is 0 Å². The molecule has 1 N–H and O–H groups in total. The predicted octanol–water partition coefficient (Wildman–Crippen LogP) is 2.66. The van der Waals surface area contributed by atoms with Gasteiger partial charge in [-0.05, 0) is 25.1 Å². The van der Waals surface area contributed by atoms with Crippen molar-refractivity contribution in [3.05, 3.63) is 48.9 Å². The third-order valence-electron chi connectivity index (χ3n) is 3.82. The number of nitrogens with zero attached hydrogens (tertiary/aromatic N) is 3. The Hall–Kier alpha value is -2.93. The molecule has 1 aromatic carbocycles. The number of imidazole rings is 1. The van der Waals surface area contributed by atoms with E-state index in [9.17, 15) is 4.79 Å². The minimum atomic E-state index is -0.398. The lowest BCUT2D eigenvalue weighted by Crippen LogP contribution is -2.23. The fraction of sp³-hybridized carbons (Fsp3) is 0.278. The van der Waals surface area contributed by atoms with Crippen molar-refractivity contribution < 1.29 is 14.3 Å². The normalized spacial score (nSPS) is 12.1. The molecule has 3 rings (SSSR count). The molecule has 1 amide bonds. The molecule has 7 nitrogen and oxygen atoms in total. The third kappa shape index (κ3) is 3.95. The number of benzene rings is 1.